The van der Waals surface area contributed by atoms with Crippen molar-refractivity contribution in [1.82, 2.24) is 4.98 Å². The topological polar surface area (TPSA) is 48.1 Å². The minimum Gasteiger partial charge on any atom is -0.397 e. The lowest BCUT2D eigenvalue weighted by atomic mass is 9.80. The Hall–Kier alpha value is -0.740. The van der Waals surface area contributed by atoms with Crippen molar-refractivity contribution in [1.29, 1.82) is 0 Å². The Labute approximate surface area is 119 Å². The van der Waals surface area contributed by atoms with Crippen LogP contribution in [-0.4, -0.2) is 22.4 Å². The molecule has 1 aromatic heterocycles. The number of hydrogen-bond donors (Lipinski definition) is 1. The molecular weight excluding hydrogens is 256 g/mol. The second kappa shape index (κ2) is 5.71. The monoisotopic (exact) mass is 278 g/mol. The maximum Gasteiger partial charge on any atom is 0.0693 e. The predicted octanol–water partition coefficient (Wildman–Crippen LogP) is 3.64. The lowest BCUT2D eigenvalue weighted by molar-refractivity contribution is -0.0970. The summed E-state index contributed by atoms with van der Waals surface area (Å²) in [5.41, 5.74) is 6.97. The van der Waals surface area contributed by atoms with Crippen LogP contribution in [0.3, 0.4) is 0 Å². The first-order valence-corrected chi connectivity index (χ1v) is 8.16. The van der Waals surface area contributed by atoms with Crippen LogP contribution in [0.4, 0.5) is 5.69 Å². The van der Waals surface area contributed by atoms with Crippen molar-refractivity contribution in [3.63, 3.8) is 0 Å². The SMILES string of the molecule is Nc1cnccc1SC1CCOC2(CCCCC2)C1. The molecule has 0 aromatic carbocycles. The van der Waals surface area contributed by atoms with Gasteiger partial charge in [0, 0.05) is 22.9 Å². The fourth-order valence-electron chi connectivity index (χ4n) is 3.31. The molecule has 1 aliphatic heterocycles. The highest BCUT2D eigenvalue weighted by atomic mass is 32.2. The molecule has 1 atom stereocenters. The Bertz CT molecular complexity index is 426. The quantitative estimate of drug-likeness (QED) is 0.897. The molecule has 1 saturated heterocycles. The largest absolute Gasteiger partial charge is 0.397 e. The molecule has 104 valence electrons. The van der Waals surface area contributed by atoms with Gasteiger partial charge in [0.2, 0.25) is 0 Å². The Morgan fingerprint density at radius 1 is 1.32 bits per heavy atom. The molecule has 0 amide bonds. The summed E-state index contributed by atoms with van der Waals surface area (Å²) in [5, 5.41) is 0.636. The smallest absolute Gasteiger partial charge is 0.0693 e. The molecule has 1 aliphatic carbocycles. The third-order valence-corrected chi connectivity index (χ3v) is 5.68. The molecule has 3 rings (SSSR count). The van der Waals surface area contributed by atoms with E-state index in [9.17, 15) is 0 Å². The summed E-state index contributed by atoms with van der Waals surface area (Å²) >= 11 is 1.91. The third-order valence-electron chi connectivity index (χ3n) is 4.32. The Morgan fingerprint density at radius 3 is 2.95 bits per heavy atom. The van der Waals surface area contributed by atoms with Gasteiger partial charge in [-0.3, -0.25) is 4.98 Å². The van der Waals surface area contributed by atoms with Crippen LogP contribution in [-0.2, 0) is 4.74 Å². The third kappa shape index (κ3) is 3.06. The van der Waals surface area contributed by atoms with Gasteiger partial charge in [0.15, 0.2) is 0 Å². The highest BCUT2D eigenvalue weighted by Crippen LogP contribution is 2.43. The summed E-state index contributed by atoms with van der Waals surface area (Å²) in [5.74, 6) is 0. The minimum absolute atomic E-state index is 0.177. The van der Waals surface area contributed by atoms with Gasteiger partial charge >= 0.3 is 0 Å². The van der Waals surface area contributed by atoms with Crippen LogP contribution in [0.2, 0.25) is 0 Å². The zero-order chi connectivity index (χ0) is 13.1. The molecule has 4 heteroatoms. The van der Waals surface area contributed by atoms with Crippen molar-refractivity contribution < 1.29 is 4.74 Å². The van der Waals surface area contributed by atoms with Crippen LogP contribution in [0.25, 0.3) is 0 Å². The number of anilines is 1. The van der Waals surface area contributed by atoms with Crippen molar-refractivity contribution in [3.8, 4) is 0 Å². The van der Waals surface area contributed by atoms with E-state index in [1.807, 2.05) is 24.0 Å². The van der Waals surface area contributed by atoms with Gasteiger partial charge in [-0.25, -0.2) is 0 Å². The van der Waals surface area contributed by atoms with Crippen LogP contribution < -0.4 is 5.73 Å². The summed E-state index contributed by atoms with van der Waals surface area (Å²) in [6.07, 6.45) is 12.4. The van der Waals surface area contributed by atoms with Gasteiger partial charge in [0.05, 0.1) is 17.5 Å². The second-order valence-corrected chi connectivity index (χ2v) is 7.08. The molecule has 2 aliphatic rings. The molecule has 19 heavy (non-hydrogen) atoms. The first kappa shape index (κ1) is 13.3. The van der Waals surface area contributed by atoms with Gasteiger partial charge in [0.1, 0.15) is 0 Å². The predicted molar refractivity (Wildman–Crippen MR) is 79.3 cm³/mol. The number of nitrogens with two attached hydrogens (primary N) is 1. The number of ether oxygens (including phenoxy) is 1. The first-order chi connectivity index (χ1) is 9.27. The number of nitrogens with zero attached hydrogens (tertiary/aromatic N) is 1. The number of rotatable bonds is 2. The molecule has 0 radical (unpaired) electrons. The maximum absolute atomic E-state index is 6.15. The summed E-state index contributed by atoms with van der Waals surface area (Å²) in [4.78, 5) is 5.23. The number of pyridine rings is 1. The van der Waals surface area contributed by atoms with E-state index in [4.69, 9.17) is 10.5 Å². The highest BCUT2D eigenvalue weighted by molar-refractivity contribution is 8.00. The number of hydrogen-bond acceptors (Lipinski definition) is 4. The van der Waals surface area contributed by atoms with Crippen molar-refractivity contribution >= 4 is 17.4 Å². The van der Waals surface area contributed by atoms with Gasteiger partial charge in [-0.15, -0.1) is 11.8 Å². The lowest BCUT2D eigenvalue weighted by Crippen LogP contribution is -2.42. The molecule has 1 saturated carbocycles. The zero-order valence-corrected chi connectivity index (χ0v) is 12.1. The van der Waals surface area contributed by atoms with Gasteiger partial charge in [0.25, 0.3) is 0 Å². The molecule has 1 aromatic rings. The van der Waals surface area contributed by atoms with E-state index in [2.05, 4.69) is 4.98 Å². The molecule has 3 nitrogen and oxygen atoms in total. The molecule has 0 bridgehead atoms. The number of nitrogen functional groups attached to an aromatic ring is 1. The van der Waals surface area contributed by atoms with E-state index in [1.54, 1.807) is 6.20 Å². The maximum atomic E-state index is 6.15. The van der Waals surface area contributed by atoms with Crippen molar-refractivity contribution in [3.05, 3.63) is 18.5 Å². The Balaban J connectivity index is 1.67. The summed E-state index contributed by atoms with van der Waals surface area (Å²) < 4.78 is 6.15. The van der Waals surface area contributed by atoms with E-state index < -0.39 is 0 Å². The average Bonchev–Trinajstić information content (AvgIpc) is 2.42. The van der Waals surface area contributed by atoms with Crippen LogP contribution >= 0.6 is 11.8 Å². The van der Waals surface area contributed by atoms with E-state index >= 15 is 0 Å². The van der Waals surface area contributed by atoms with Crippen LogP contribution in [0.5, 0.6) is 0 Å². The molecule has 1 unspecified atom stereocenters. The molecular formula is C15H22N2OS. The molecule has 2 N–H and O–H groups in total. The molecule has 2 fully saturated rings. The standard InChI is InChI=1S/C15H22N2OS/c16-13-11-17-8-4-14(13)19-12-5-9-18-15(10-12)6-2-1-3-7-15/h4,8,11-12H,1-3,5-7,9-10,16H2. The van der Waals surface area contributed by atoms with Crippen LogP contribution in [0, 0.1) is 0 Å². The first-order valence-electron chi connectivity index (χ1n) is 7.28. The minimum atomic E-state index is 0.177. The van der Waals surface area contributed by atoms with E-state index in [0.29, 0.717) is 5.25 Å². The normalized spacial score (nSPS) is 26.4. The fraction of sp³-hybridized carbons (Fsp3) is 0.667. The summed E-state index contributed by atoms with van der Waals surface area (Å²) in [6.45, 7) is 0.905. The molecule has 1 spiro atoms. The van der Waals surface area contributed by atoms with Crippen LogP contribution in [0.1, 0.15) is 44.9 Å². The summed E-state index contributed by atoms with van der Waals surface area (Å²) in [7, 11) is 0. The van der Waals surface area contributed by atoms with Crippen molar-refractivity contribution in [2.75, 3.05) is 12.3 Å². The zero-order valence-electron chi connectivity index (χ0n) is 11.3. The lowest BCUT2D eigenvalue weighted by Gasteiger charge is -2.43. The Morgan fingerprint density at radius 2 is 2.16 bits per heavy atom. The van der Waals surface area contributed by atoms with E-state index in [1.165, 1.54) is 43.4 Å². The van der Waals surface area contributed by atoms with Crippen molar-refractivity contribution in [2.24, 2.45) is 0 Å². The average molecular weight is 278 g/mol. The Kier molecular flexibility index (Phi) is 3.99. The second-order valence-electron chi connectivity index (χ2n) is 5.74. The van der Waals surface area contributed by atoms with Gasteiger partial charge < -0.3 is 10.5 Å². The number of thioether (sulfide) groups is 1. The van der Waals surface area contributed by atoms with Crippen molar-refractivity contribution in [2.45, 2.75) is 60.7 Å². The molecule has 2 heterocycles. The van der Waals surface area contributed by atoms with Gasteiger partial charge in [-0.05, 0) is 31.7 Å². The van der Waals surface area contributed by atoms with Gasteiger partial charge in [-0.2, -0.15) is 0 Å². The van der Waals surface area contributed by atoms with E-state index in [0.717, 1.165) is 18.7 Å². The van der Waals surface area contributed by atoms with E-state index in [-0.39, 0.29) is 5.60 Å². The number of aromatic nitrogens is 1. The highest BCUT2D eigenvalue weighted by Gasteiger charge is 2.38. The fourth-order valence-corrected chi connectivity index (χ4v) is 4.60. The van der Waals surface area contributed by atoms with Gasteiger partial charge in [-0.1, -0.05) is 19.3 Å². The van der Waals surface area contributed by atoms with Crippen LogP contribution in [0.15, 0.2) is 23.4 Å². The summed E-state index contributed by atoms with van der Waals surface area (Å²) in [6, 6.07) is 2.03.